The number of hydrogen-bond acceptors (Lipinski definition) is 3. The van der Waals surface area contributed by atoms with Gasteiger partial charge in [-0.3, -0.25) is 9.59 Å². The van der Waals surface area contributed by atoms with Crippen molar-refractivity contribution in [1.29, 1.82) is 0 Å². The quantitative estimate of drug-likeness (QED) is 0.681. The number of carbonyl (C=O) groups is 2. The Morgan fingerprint density at radius 2 is 1.75 bits per heavy atom. The Hall–Kier alpha value is -1.88. The van der Waals surface area contributed by atoms with Crippen molar-refractivity contribution in [3.63, 3.8) is 0 Å². The maximum atomic E-state index is 11.7. The van der Waals surface area contributed by atoms with Crippen LogP contribution in [0.5, 0.6) is 0 Å². The second-order valence-electron chi connectivity index (χ2n) is 4.69. The lowest BCUT2D eigenvalue weighted by Crippen LogP contribution is -2.51. The summed E-state index contributed by atoms with van der Waals surface area (Å²) in [4.78, 5) is 23.0. The molecule has 0 unspecified atom stereocenters. The number of amides is 1. The number of hydrogen-bond donors (Lipinski definition) is 3. The van der Waals surface area contributed by atoms with Crippen molar-refractivity contribution in [3.05, 3.63) is 30.3 Å². The molecule has 0 aliphatic rings. The molecule has 0 spiro atoms. The van der Waals surface area contributed by atoms with Gasteiger partial charge in [0.2, 0.25) is 5.91 Å². The van der Waals surface area contributed by atoms with E-state index in [2.05, 4.69) is 10.6 Å². The molecule has 1 amide bonds. The standard InChI is InChI=1S/C15H22N2O3/c1-3-15(4-2,14(19)20)16-11-10-13(18)17-12-8-6-5-7-9-12/h5-9,16H,3-4,10-11H2,1-2H3,(H,17,18)(H,19,20). The van der Waals surface area contributed by atoms with E-state index in [9.17, 15) is 14.7 Å². The Bertz CT molecular complexity index is 442. The van der Waals surface area contributed by atoms with Crippen molar-refractivity contribution < 1.29 is 14.7 Å². The van der Waals surface area contributed by atoms with E-state index in [1.807, 2.05) is 44.2 Å². The van der Waals surface area contributed by atoms with Gasteiger partial charge in [-0.15, -0.1) is 0 Å². The number of para-hydroxylation sites is 1. The molecule has 0 aromatic heterocycles. The zero-order valence-electron chi connectivity index (χ0n) is 12.0. The van der Waals surface area contributed by atoms with Crippen LogP contribution in [0.1, 0.15) is 33.1 Å². The number of anilines is 1. The zero-order valence-corrected chi connectivity index (χ0v) is 12.0. The molecular weight excluding hydrogens is 256 g/mol. The summed E-state index contributed by atoms with van der Waals surface area (Å²) in [5, 5.41) is 15.0. The van der Waals surface area contributed by atoms with Crippen molar-refractivity contribution in [2.45, 2.75) is 38.6 Å². The lowest BCUT2D eigenvalue weighted by molar-refractivity contribution is -0.145. The summed E-state index contributed by atoms with van der Waals surface area (Å²) in [6, 6.07) is 9.19. The highest BCUT2D eigenvalue weighted by atomic mass is 16.4. The topological polar surface area (TPSA) is 78.4 Å². The normalized spacial score (nSPS) is 11.1. The number of carboxylic acid groups (broad SMARTS) is 1. The molecule has 1 aromatic carbocycles. The van der Waals surface area contributed by atoms with Crippen molar-refractivity contribution in [2.24, 2.45) is 0 Å². The fourth-order valence-electron chi connectivity index (χ4n) is 2.04. The van der Waals surface area contributed by atoms with Gasteiger partial charge in [0.05, 0.1) is 0 Å². The SMILES string of the molecule is CCC(CC)(NCCC(=O)Nc1ccccc1)C(=O)O. The van der Waals surface area contributed by atoms with Crippen LogP contribution in [0.25, 0.3) is 0 Å². The third-order valence-electron chi connectivity index (χ3n) is 3.49. The van der Waals surface area contributed by atoms with Gasteiger partial charge < -0.3 is 15.7 Å². The average Bonchev–Trinajstić information content (AvgIpc) is 2.44. The van der Waals surface area contributed by atoms with Crippen LogP contribution < -0.4 is 10.6 Å². The Balaban J connectivity index is 2.43. The van der Waals surface area contributed by atoms with E-state index >= 15 is 0 Å². The average molecular weight is 278 g/mol. The van der Waals surface area contributed by atoms with Crippen molar-refractivity contribution in [1.82, 2.24) is 5.32 Å². The molecule has 0 saturated heterocycles. The van der Waals surface area contributed by atoms with Gasteiger partial charge in [0.15, 0.2) is 0 Å². The zero-order chi connectivity index (χ0) is 15.0. The first-order valence-electron chi connectivity index (χ1n) is 6.87. The molecule has 0 fully saturated rings. The summed E-state index contributed by atoms with van der Waals surface area (Å²) < 4.78 is 0. The third kappa shape index (κ3) is 4.35. The fraction of sp³-hybridized carbons (Fsp3) is 0.467. The highest BCUT2D eigenvalue weighted by Gasteiger charge is 2.33. The fourth-order valence-corrected chi connectivity index (χ4v) is 2.04. The van der Waals surface area contributed by atoms with Gasteiger partial charge in [-0.05, 0) is 25.0 Å². The van der Waals surface area contributed by atoms with E-state index < -0.39 is 11.5 Å². The first-order chi connectivity index (χ1) is 9.54. The molecule has 0 bridgehead atoms. The van der Waals surface area contributed by atoms with Crippen molar-refractivity contribution in [3.8, 4) is 0 Å². The van der Waals surface area contributed by atoms with Gasteiger partial charge in [0.25, 0.3) is 0 Å². The Morgan fingerprint density at radius 1 is 1.15 bits per heavy atom. The summed E-state index contributed by atoms with van der Waals surface area (Å²) in [6.07, 6.45) is 1.21. The third-order valence-corrected chi connectivity index (χ3v) is 3.49. The first kappa shape index (κ1) is 16.2. The van der Waals surface area contributed by atoms with E-state index in [0.717, 1.165) is 5.69 Å². The largest absolute Gasteiger partial charge is 0.480 e. The Labute approximate surface area is 119 Å². The molecule has 110 valence electrons. The van der Waals surface area contributed by atoms with Gasteiger partial charge in [0.1, 0.15) is 5.54 Å². The molecule has 3 N–H and O–H groups in total. The number of rotatable bonds is 8. The molecule has 1 aromatic rings. The van der Waals surface area contributed by atoms with E-state index in [0.29, 0.717) is 19.4 Å². The number of nitrogens with one attached hydrogen (secondary N) is 2. The molecule has 0 radical (unpaired) electrons. The summed E-state index contributed by atoms with van der Waals surface area (Å²) in [5.74, 6) is -0.999. The molecule has 0 aliphatic carbocycles. The van der Waals surface area contributed by atoms with Crippen LogP contribution in [-0.4, -0.2) is 29.1 Å². The van der Waals surface area contributed by atoms with Crippen LogP contribution in [0.2, 0.25) is 0 Å². The molecule has 20 heavy (non-hydrogen) atoms. The predicted molar refractivity (Wildman–Crippen MR) is 78.6 cm³/mol. The second-order valence-corrected chi connectivity index (χ2v) is 4.69. The molecule has 1 rings (SSSR count). The number of aliphatic carboxylic acids is 1. The lowest BCUT2D eigenvalue weighted by atomic mass is 9.93. The summed E-state index contributed by atoms with van der Waals surface area (Å²) in [7, 11) is 0. The summed E-state index contributed by atoms with van der Waals surface area (Å²) in [5.41, 5.74) is -0.194. The number of benzene rings is 1. The van der Waals surface area contributed by atoms with E-state index in [1.54, 1.807) is 0 Å². The summed E-state index contributed by atoms with van der Waals surface area (Å²) >= 11 is 0. The van der Waals surface area contributed by atoms with E-state index in [4.69, 9.17) is 0 Å². The van der Waals surface area contributed by atoms with Crippen LogP contribution in [0.3, 0.4) is 0 Å². The van der Waals surface area contributed by atoms with Crippen LogP contribution in [0, 0.1) is 0 Å². The minimum Gasteiger partial charge on any atom is -0.480 e. The van der Waals surface area contributed by atoms with Crippen molar-refractivity contribution in [2.75, 3.05) is 11.9 Å². The molecule has 5 nitrogen and oxygen atoms in total. The highest BCUT2D eigenvalue weighted by Crippen LogP contribution is 2.15. The van der Waals surface area contributed by atoms with Crippen LogP contribution in [0.15, 0.2) is 30.3 Å². The minimum absolute atomic E-state index is 0.129. The van der Waals surface area contributed by atoms with E-state index in [-0.39, 0.29) is 12.3 Å². The van der Waals surface area contributed by atoms with Gasteiger partial charge in [-0.25, -0.2) is 0 Å². The Morgan fingerprint density at radius 3 is 2.25 bits per heavy atom. The molecule has 0 atom stereocenters. The molecule has 0 saturated carbocycles. The van der Waals surface area contributed by atoms with Gasteiger partial charge in [0, 0.05) is 18.7 Å². The Kier molecular flexibility index (Phi) is 6.18. The summed E-state index contributed by atoms with van der Waals surface area (Å²) in [6.45, 7) is 4.00. The molecule has 5 heteroatoms. The maximum Gasteiger partial charge on any atom is 0.323 e. The van der Waals surface area contributed by atoms with Crippen LogP contribution >= 0.6 is 0 Å². The van der Waals surface area contributed by atoms with Gasteiger partial charge in [-0.1, -0.05) is 32.0 Å². The lowest BCUT2D eigenvalue weighted by Gasteiger charge is -2.28. The van der Waals surface area contributed by atoms with E-state index in [1.165, 1.54) is 0 Å². The predicted octanol–water partition coefficient (Wildman–Crippen LogP) is 2.25. The highest BCUT2D eigenvalue weighted by molar-refractivity contribution is 5.90. The second kappa shape index (κ2) is 7.65. The van der Waals surface area contributed by atoms with Crippen LogP contribution in [-0.2, 0) is 9.59 Å². The maximum absolute atomic E-state index is 11.7. The number of carboxylic acids is 1. The molecule has 0 heterocycles. The monoisotopic (exact) mass is 278 g/mol. The van der Waals surface area contributed by atoms with Gasteiger partial charge in [-0.2, -0.15) is 0 Å². The smallest absolute Gasteiger partial charge is 0.323 e. The molecule has 0 aliphatic heterocycles. The first-order valence-corrected chi connectivity index (χ1v) is 6.87. The minimum atomic E-state index is -0.937. The van der Waals surface area contributed by atoms with Crippen molar-refractivity contribution >= 4 is 17.6 Å². The van der Waals surface area contributed by atoms with Crippen LogP contribution in [0.4, 0.5) is 5.69 Å². The van der Waals surface area contributed by atoms with Gasteiger partial charge >= 0.3 is 5.97 Å². The number of carbonyl (C=O) groups excluding carboxylic acids is 1. The molecular formula is C15H22N2O3.